The average Bonchev–Trinajstić information content (AvgIpc) is 2.94. The Morgan fingerprint density at radius 2 is 2.08 bits per heavy atom. The number of nitrogens with zero attached hydrogens (tertiary/aromatic N) is 3. The molecule has 3 saturated heterocycles. The van der Waals surface area contributed by atoms with E-state index in [0.29, 0.717) is 45.0 Å². The van der Waals surface area contributed by atoms with Gasteiger partial charge in [-0.25, -0.2) is 0 Å². The van der Waals surface area contributed by atoms with Crippen molar-refractivity contribution in [3.05, 3.63) is 17.0 Å². The normalized spacial score (nSPS) is 34.3. The molecule has 1 amide bonds. The van der Waals surface area contributed by atoms with Crippen LogP contribution in [0, 0.1) is 25.7 Å². The van der Waals surface area contributed by atoms with Gasteiger partial charge in [0.1, 0.15) is 0 Å². The van der Waals surface area contributed by atoms with Crippen LogP contribution in [0.2, 0.25) is 0 Å². The van der Waals surface area contributed by atoms with E-state index in [2.05, 4.69) is 5.10 Å². The maximum absolute atomic E-state index is 13.5. The average molecular weight is 363 g/mol. The molecule has 144 valence electrons. The van der Waals surface area contributed by atoms with Crippen LogP contribution in [0.15, 0.2) is 0 Å². The van der Waals surface area contributed by atoms with Crippen LogP contribution >= 0.6 is 0 Å². The van der Waals surface area contributed by atoms with Crippen LogP contribution in [-0.4, -0.2) is 70.3 Å². The van der Waals surface area contributed by atoms with E-state index in [4.69, 9.17) is 9.47 Å². The molecule has 1 aromatic heterocycles. The Bertz CT molecular complexity index is 703. The summed E-state index contributed by atoms with van der Waals surface area (Å²) >= 11 is 0. The summed E-state index contributed by atoms with van der Waals surface area (Å²) in [6.45, 7) is 9.38. The Balaban J connectivity index is 1.69. The van der Waals surface area contributed by atoms with Crippen LogP contribution in [0.5, 0.6) is 0 Å². The van der Waals surface area contributed by atoms with Gasteiger partial charge >= 0.3 is 0 Å². The van der Waals surface area contributed by atoms with Crippen molar-refractivity contribution in [2.45, 2.75) is 51.8 Å². The number of aliphatic hydroxyl groups is 1. The second-order valence-electron chi connectivity index (χ2n) is 7.87. The first kappa shape index (κ1) is 17.9. The second-order valence-corrected chi connectivity index (χ2v) is 7.87. The summed E-state index contributed by atoms with van der Waals surface area (Å²) < 4.78 is 13.2. The molecule has 0 aliphatic carbocycles. The number of carbonyl (C=O) groups excluding carboxylic acids is 1. The Labute approximate surface area is 154 Å². The molecule has 4 atom stereocenters. The first-order valence-electron chi connectivity index (χ1n) is 9.70. The van der Waals surface area contributed by atoms with Gasteiger partial charge in [-0.15, -0.1) is 0 Å². The van der Waals surface area contributed by atoms with E-state index in [1.165, 1.54) is 0 Å². The number of aromatic nitrogens is 2. The number of amides is 1. The van der Waals surface area contributed by atoms with E-state index in [0.717, 1.165) is 24.4 Å². The topological polar surface area (TPSA) is 76.8 Å². The first-order chi connectivity index (χ1) is 12.5. The molecule has 1 aromatic rings. The molecule has 4 rings (SSSR count). The van der Waals surface area contributed by atoms with Crippen molar-refractivity contribution in [1.29, 1.82) is 0 Å². The van der Waals surface area contributed by atoms with Gasteiger partial charge in [-0.05, 0) is 27.2 Å². The molecule has 0 unspecified atom stereocenters. The van der Waals surface area contributed by atoms with Gasteiger partial charge in [0.25, 0.3) is 5.91 Å². The summed E-state index contributed by atoms with van der Waals surface area (Å²) in [5.41, 5.74) is 1.61. The predicted molar refractivity (Wildman–Crippen MR) is 95.0 cm³/mol. The van der Waals surface area contributed by atoms with Crippen molar-refractivity contribution in [2.75, 3.05) is 33.0 Å². The Morgan fingerprint density at radius 3 is 2.81 bits per heavy atom. The van der Waals surface area contributed by atoms with Crippen LogP contribution < -0.4 is 0 Å². The molecular weight excluding hydrogens is 334 g/mol. The van der Waals surface area contributed by atoms with Gasteiger partial charge in [-0.3, -0.25) is 9.48 Å². The molecule has 3 fully saturated rings. The van der Waals surface area contributed by atoms with Gasteiger partial charge in [0.2, 0.25) is 0 Å². The molecule has 0 bridgehead atoms. The van der Waals surface area contributed by atoms with Crippen LogP contribution in [0.4, 0.5) is 0 Å². The highest BCUT2D eigenvalue weighted by atomic mass is 16.5. The van der Waals surface area contributed by atoms with Crippen LogP contribution in [-0.2, 0) is 16.0 Å². The molecule has 3 aliphatic rings. The first-order valence-corrected chi connectivity index (χ1v) is 9.70. The van der Waals surface area contributed by atoms with E-state index in [9.17, 15) is 9.90 Å². The number of aryl methyl sites for hydroxylation is 2. The number of hydrogen-bond donors (Lipinski definition) is 1. The van der Waals surface area contributed by atoms with E-state index in [1.54, 1.807) is 0 Å². The highest BCUT2D eigenvalue weighted by molar-refractivity contribution is 5.96. The van der Waals surface area contributed by atoms with Crippen molar-refractivity contribution < 1.29 is 19.4 Å². The standard InChI is InChI=1S/C19H29N3O4/c1-4-22-13(3)17(12(2)20-22)18(23)21-9-14-10-26-8-6-19(14,24)15-11-25-7-5-16(15)21/h14-16,24H,4-11H2,1-3H3/t14-,15+,16-,19-/m1/s1. The highest BCUT2D eigenvalue weighted by Gasteiger charge is 2.56. The summed E-state index contributed by atoms with van der Waals surface area (Å²) in [5.74, 6) is -0.0844. The third kappa shape index (κ3) is 2.60. The SMILES string of the molecule is CCn1nc(C)c(C(=O)N2C[C@@H]3COCC[C@]3(O)[C@H]3COCC[C@H]32)c1C. The molecule has 0 radical (unpaired) electrons. The van der Waals surface area contributed by atoms with Crippen LogP contribution in [0.3, 0.4) is 0 Å². The number of likely N-dealkylation sites (tertiary alicyclic amines) is 1. The number of fused-ring (bicyclic) bond motifs is 3. The van der Waals surface area contributed by atoms with Gasteiger partial charge in [0.05, 0.1) is 30.1 Å². The Hall–Kier alpha value is -1.44. The van der Waals surface area contributed by atoms with Gasteiger partial charge in [0.15, 0.2) is 0 Å². The molecule has 1 N–H and O–H groups in total. The van der Waals surface area contributed by atoms with Crippen molar-refractivity contribution in [3.8, 4) is 0 Å². The fraction of sp³-hybridized carbons (Fsp3) is 0.789. The van der Waals surface area contributed by atoms with Gasteiger partial charge in [0, 0.05) is 56.3 Å². The minimum Gasteiger partial charge on any atom is -0.389 e. The third-order valence-corrected chi connectivity index (χ3v) is 6.61. The quantitative estimate of drug-likeness (QED) is 0.853. The molecule has 4 heterocycles. The smallest absolute Gasteiger partial charge is 0.257 e. The second kappa shape index (κ2) is 6.62. The molecule has 0 saturated carbocycles. The maximum atomic E-state index is 13.5. The molecule has 7 nitrogen and oxygen atoms in total. The predicted octanol–water partition coefficient (Wildman–Crippen LogP) is 1.15. The molecule has 3 aliphatic heterocycles. The lowest BCUT2D eigenvalue weighted by atomic mass is 9.66. The van der Waals surface area contributed by atoms with Crippen molar-refractivity contribution >= 4 is 5.91 Å². The minimum absolute atomic E-state index is 0.0133. The lowest BCUT2D eigenvalue weighted by Gasteiger charge is -2.57. The van der Waals surface area contributed by atoms with Crippen LogP contribution in [0.25, 0.3) is 0 Å². The van der Waals surface area contributed by atoms with E-state index in [1.807, 2.05) is 30.4 Å². The lowest BCUT2D eigenvalue weighted by molar-refractivity contribution is -0.212. The molecular formula is C19H29N3O4. The summed E-state index contributed by atoms with van der Waals surface area (Å²) in [7, 11) is 0. The zero-order valence-corrected chi connectivity index (χ0v) is 15.9. The number of carbonyl (C=O) groups is 1. The van der Waals surface area contributed by atoms with E-state index >= 15 is 0 Å². The lowest BCUT2D eigenvalue weighted by Crippen LogP contribution is -2.68. The summed E-state index contributed by atoms with van der Waals surface area (Å²) in [6, 6.07) is 0.0133. The maximum Gasteiger partial charge on any atom is 0.257 e. The monoisotopic (exact) mass is 363 g/mol. The summed E-state index contributed by atoms with van der Waals surface area (Å²) in [6.07, 6.45) is 1.39. The minimum atomic E-state index is -0.794. The number of hydrogen-bond acceptors (Lipinski definition) is 5. The fourth-order valence-electron chi connectivity index (χ4n) is 5.15. The van der Waals surface area contributed by atoms with Crippen LogP contribution in [0.1, 0.15) is 41.5 Å². The van der Waals surface area contributed by atoms with Gasteiger partial charge in [-0.2, -0.15) is 5.10 Å². The van der Waals surface area contributed by atoms with Crippen molar-refractivity contribution in [2.24, 2.45) is 11.8 Å². The number of piperidine rings is 1. The molecule has 0 aromatic carbocycles. The molecule has 0 spiro atoms. The molecule has 26 heavy (non-hydrogen) atoms. The van der Waals surface area contributed by atoms with E-state index < -0.39 is 5.60 Å². The zero-order valence-electron chi connectivity index (χ0n) is 15.9. The Kier molecular flexibility index (Phi) is 4.57. The largest absolute Gasteiger partial charge is 0.389 e. The fourth-order valence-corrected chi connectivity index (χ4v) is 5.15. The number of rotatable bonds is 2. The van der Waals surface area contributed by atoms with Crippen molar-refractivity contribution in [1.82, 2.24) is 14.7 Å². The number of ether oxygens (including phenoxy) is 2. The van der Waals surface area contributed by atoms with E-state index in [-0.39, 0.29) is 23.8 Å². The third-order valence-electron chi connectivity index (χ3n) is 6.61. The summed E-state index contributed by atoms with van der Waals surface area (Å²) in [5, 5.41) is 15.9. The van der Waals surface area contributed by atoms with Gasteiger partial charge in [-0.1, -0.05) is 0 Å². The summed E-state index contributed by atoms with van der Waals surface area (Å²) in [4.78, 5) is 15.5. The molecule has 7 heteroatoms. The van der Waals surface area contributed by atoms with Gasteiger partial charge < -0.3 is 19.5 Å². The highest BCUT2D eigenvalue weighted by Crippen LogP contribution is 2.44. The van der Waals surface area contributed by atoms with Crippen molar-refractivity contribution in [3.63, 3.8) is 0 Å². The Morgan fingerprint density at radius 1 is 1.31 bits per heavy atom. The zero-order chi connectivity index (χ0) is 18.5.